The van der Waals surface area contributed by atoms with Gasteiger partial charge in [0.1, 0.15) is 11.5 Å². The van der Waals surface area contributed by atoms with E-state index in [0.717, 1.165) is 11.8 Å². The van der Waals surface area contributed by atoms with E-state index in [4.69, 9.17) is 30.2 Å². The molecule has 11 heteroatoms. The molecule has 34 heavy (non-hydrogen) atoms. The molecule has 4 aromatic rings. The van der Waals surface area contributed by atoms with Crippen LogP contribution in [-0.4, -0.2) is 35.1 Å². The summed E-state index contributed by atoms with van der Waals surface area (Å²) in [6.07, 6.45) is 1.53. The van der Waals surface area contributed by atoms with Crippen molar-refractivity contribution in [2.24, 2.45) is 0 Å². The molecular formula is C23H18ClN3O6S. The van der Waals surface area contributed by atoms with E-state index in [-0.39, 0.29) is 30.6 Å². The summed E-state index contributed by atoms with van der Waals surface area (Å²) in [6, 6.07) is 11.8. The van der Waals surface area contributed by atoms with Crippen LogP contribution in [0.5, 0.6) is 17.2 Å². The van der Waals surface area contributed by atoms with Crippen LogP contribution in [-0.2, 0) is 11.3 Å². The van der Waals surface area contributed by atoms with Gasteiger partial charge < -0.3 is 23.9 Å². The van der Waals surface area contributed by atoms with Crippen LogP contribution in [0.3, 0.4) is 0 Å². The van der Waals surface area contributed by atoms with Crippen molar-refractivity contribution in [1.29, 1.82) is 0 Å². The molecule has 0 bridgehead atoms. The van der Waals surface area contributed by atoms with Crippen molar-refractivity contribution < 1.29 is 23.4 Å². The molecule has 0 aliphatic carbocycles. The van der Waals surface area contributed by atoms with Gasteiger partial charge in [-0.1, -0.05) is 23.4 Å². The number of hydrogen-bond donors (Lipinski definition) is 1. The van der Waals surface area contributed by atoms with E-state index in [1.54, 1.807) is 42.5 Å². The van der Waals surface area contributed by atoms with E-state index in [2.05, 4.69) is 10.3 Å². The maximum Gasteiger partial charge on any atom is 0.262 e. The predicted octanol–water partition coefficient (Wildman–Crippen LogP) is 4.16. The number of fused-ring (bicyclic) bond motifs is 2. The van der Waals surface area contributed by atoms with Gasteiger partial charge in [0.25, 0.3) is 5.56 Å². The van der Waals surface area contributed by atoms with Crippen LogP contribution in [0.25, 0.3) is 10.9 Å². The van der Waals surface area contributed by atoms with Gasteiger partial charge in [0, 0.05) is 11.8 Å². The molecule has 0 saturated heterocycles. The number of aromatic nitrogens is 2. The Morgan fingerprint density at radius 1 is 1.24 bits per heavy atom. The topological polar surface area (TPSA) is 105 Å². The Labute approximate surface area is 202 Å². The number of rotatable bonds is 7. The van der Waals surface area contributed by atoms with Crippen LogP contribution in [0.1, 0.15) is 5.76 Å². The number of nitrogens with one attached hydrogen (secondary N) is 1. The molecule has 9 nitrogen and oxygen atoms in total. The van der Waals surface area contributed by atoms with Crippen LogP contribution in [0.15, 0.2) is 63.1 Å². The lowest BCUT2D eigenvalue weighted by Crippen LogP contribution is -2.24. The Morgan fingerprint density at radius 3 is 2.79 bits per heavy atom. The summed E-state index contributed by atoms with van der Waals surface area (Å²) >= 11 is 7.27. The summed E-state index contributed by atoms with van der Waals surface area (Å²) in [5, 5.41) is 3.93. The van der Waals surface area contributed by atoms with Gasteiger partial charge >= 0.3 is 0 Å². The van der Waals surface area contributed by atoms with Gasteiger partial charge in [0.05, 0.1) is 41.6 Å². The summed E-state index contributed by atoms with van der Waals surface area (Å²) in [7, 11) is 1.52. The number of benzene rings is 2. The van der Waals surface area contributed by atoms with E-state index < -0.39 is 0 Å². The fourth-order valence-electron chi connectivity index (χ4n) is 3.47. The van der Waals surface area contributed by atoms with Gasteiger partial charge in [0.15, 0.2) is 16.7 Å². The first-order chi connectivity index (χ1) is 16.5. The summed E-state index contributed by atoms with van der Waals surface area (Å²) in [6.45, 7) is 0.255. The summed E-state index contributed by atoms with van der Waals surface area (Å²) in [4.78, 5) is 30.6. The van der Waals surface area contributed by atoms with Crippen molar-refractivity contribution in [3.8, 4) is 17.2 Å². The standard InChI is InChI=1S/C23H18ClN3O6S/c1-30-18-5-4-13(7-16(18)24)25-21(28)11-34-23-26-17-9-20-19(32-12-33-20)8-15(17)22(29)27(23)10-14-3-2-6-31-14/h2-9H,10-12H2,1H3,(H,25,28). The highest BCUT2D eigenvalue weighted by molar-refractivity contribution is 7.99. The van der Waals surface area contributed by atoms with Crippen molar-refractivity contribution in [3.05, 3.63) is 69.9 Å². The fraction of sp³-hybridized carbons (Fsp3) is 0.174. The van der Waals surface area contributed by atoms with Gasteiger partial charge in [0.2, 0.25) is 12.7 Å². The molecule has 2 aromatic heterocycles. The smallest absolute Gasteiger partial charge is 0.262 e. The third kappa shape index (κ3) is 4.42. The number of thioether (sulfide) groups is 1. The average molecular weight is 500 g/mol. The molecule has 0 saturated carbocycles. The molecule has 0 radical (unpaired) electrons. The Bertz CT molecular complexity index is 1440. The first-order valence-electron chi connectivity index (χ1n) is 10.1. The summed E-state index contributed by atoms with van der Waals surface area (Å²) in [5.74, 6) is 1.85. The van der Waals surface area contributed by atoms with E-state index in [0.29, 0.717) is 49.8 Å². The highest BCUT2D eigenvalue weighted by Crippen LogP contribution is 2.35. The highest BCUT2D eigenvalue weighted by Gasteiger charge is 2.20. The second kappa shape index (κ2) is 9.32. The van der Waals surface area contributed by atoms with E-state index in [1.807, 2.05) is 0 Å². The molecule has 174 valence electrons. The number of methoxy groups -OCH3 is 1. The lowest BCUT2D eigenvalue weighted by atomic mass is 10.2. The van der Waals surface area contributed by atoms with Crippen molar-refractivity contribution in [3.63, 3.8) is 0 Å². The monoisotopic (exact) mass is 499 g/mol. The van der Waals surface area contributed by atoms with Gasteiger partial charge in [-0.25, -0.2) is 4.98 Å². The molecular weight excluding hydrogens is 482 g/mol. The van der Waals surface area contributed by atoms with Gasteiger partial charge in [-0.15, -0.1) is 0 Å². The summed E-state index contributed by atoms with van der Waals surface area (Å²) < 4.78 is 22.8. The SMILES string of the molecule is COc1ccc(NC(=O)CSc2nc3cc4c(cc3c(=O)n2Cc2ccco2)OCO4)cc1Cl. The number of nitrogens with zero attached hydrogens (tertiary/aromatic N) is 2. The zero-order valence-corrected chi connectivity index (χ0v) is 19.4. The van der Waals surface area contributed by atoms with Crippen molar-refractivity contribution >= 4 is 45.9 Å². The van der Waals surface area contributed by atoms with E-state index in [1.165, 1.54) is 17.9 Å². The zero-order valence-electron chi connectivity index (χ0n) is 17.9. The summed E-state index contributed by atoms with van der Waals surface area (Å²) in [5.41, 5.74) is 0.711. The molecule has 1 aliphatic rings. The Hall–Kier alpha value is -3.63. The maximum atomic E-state index is 13.4. The van der Waals surface area contributed by atoms with E-state index >= 15 is 0 Å². The van der Waals surface area contributed by atoms with Crippen LogP contribution >= 0.6 is 23.4 Å². The second-order valence-corrected chi connectivity index (χ2v) is 8.62. The molecule has 1 N–H and O–H groups in total. The largest absolute Gasteiger partial charge is 0.495 e. The van der Waals surface area contributed by atoms with Crippen molar-refractivity contribution in [2.45, 2.75) is 11.7 Å². The van der Waals surface area contributed by atoms with Gasteiger partial charge in [-0.2, -0.15) is 0 Å². The molecule has 1 aliphatic heterocycles. The van der Waals surface area contributed by atoms with Crippen LogP contribution in [0.4, 0.5) is 5.69 Å². The normalized spacial score (nSPS) is 12.2. The minimum absolute atomic E-state index is 0.0182. The number of hydrogen-bond acceptors (Lipinski definition) is 8. The molecule has 2 aromatic carbocycles. The lowest BCUT2D eigenvalue weighted by Gasteiger charge is -2.13. The second-order valence-electron chi connectivity index (χ2n) is 7.27. The van der Waals surface area contributed by atoms with Crippen molar-refractivity contribution in [2.75, 3.05) is 25.0 Å². The minimum atomic E-state index is -0.282. The molecule has 3 heterocycles. The first kappa shape index (κ1) is 22.2. The molecule has 5 rings (SSSR count). The molecule has 0 spiro atoms. The van der Waals surface area contributed by atoms with Crippen molar-refractivity contribution in [1.82, 2.24) is 9.55 Å². The number of halogens is 1. The quantitative estimate of drug-likeness (QED) is 0.298. The van der Waals surface area contributed by atoms with Crippen LogP contribution in [0.2, 0.25) is 5.02 Å². The molecule has 0 unspecified atom stereocenters. The average Bonchev–Trinajstić information content (AvgIpc) is 3.50. The number of anilines is 1. The molecule has 0 fully saturated rings. The van der Waals surface area contributed by atoms with Gasteiger partial charge in [-0.05, 0) is 36.4 Å². The van der Waals surface area contributed by atoms with E-state index in [9.17, 15) is 9.59 Å². The Balaban J connectivity index is 1.43. The minimum Gasteiger partial charge on any atom is -0.495 e. The number of carbonyl (C=O) groups is 1. The molecule has 0 atom stereocenters. The third-order valence-electron chi connectivity index (χ3n) is 5.08. The van der Waals surface area contributed by atoms with Crippen LogP contribution in [0, 0.1) is 0 Å². The lowest BCUT2D eigenvalue weighted by molar-refractivity contribution is -0.113. The Kier molecular flexibility index (Phi) is 6.08. The number of carbonyl (C=O) groups excluding carboxylic acids is 1. The fourth-order valence-corrected chi connectivity index (χ4v) is 4.53. The zero-order chi connectivity index (χ0) is 23.7. The maximum absolute atomic E-state index is 13.4. The van der Waals surface area contributed by atoms with Gasteiger partial charge in [-0.3, -0.25) is 14.2 Å². The number of ether oxygens (including phenoxy) is 3. The number of furan rings is 1. The molecule has 1 amide bonds. The third-order valence-corrected chi connectivity index (χ3v) is 6.35. The first-order valence-corrected chi connectivity index (χ1v) is 11.5. The van der Waals surface area contributed by atoms with Crippen LogP contribution < -0.4 is 25.1 Å². The Morgan fingerprint density at radius 2 is 2.06 bits per heavy atom. The number of amides is 1. The highest BCUT2D eigenvalue weighted by atomic mass is 35.5. The predicted molar refractivity (Wildman–Crippen MR) is 127 cm³/mol.